The SMILES string of the molecule is CCOC(=O)c1c(-c2ccccc2)csc1NC(=O)COC(=O)Cc1ccsc1. The molecule has 3 rings (SSSR count). The Kier molecular flexibility index (Phi) is 7.15. The lowest BCUT2D eigenvalue weighted by Gasteiger charge is -2.09. The zero-order chi connectivity index (χ0) is 20.6. The highest BCUT2D eigenvalue weighted by atomic mass is 32.1. The number of nitrogens with one attached hydrogen (secondary N) is 1. The van der Waals surface area contributed by atoms with Gasteiger partial charge in [0.2, 0.25) is 0 Å². The van der Waals surface area contributed by atoms with Crippen molar-refractivity contribution in [2.24, 2.45) is 0 Å². The van der Waals surface area contributed by atoms with Crippen LogP contribution in [0.2, 0.25) is 0 Å². The second-order valence-corrected chi connectivity index (χ2v) is 7.62. The van der Waals surface area contributed by atoms with E-state index >= 15 is 0 Å². The molecule has 8 heteroatoms. The maximum Gasteiger partial charge on any atom is 0.341 e. The molecule has 1 N–H and O–H groups in total. The summed E-state index contributed by atoms with van der Waals surface area (Å²) < 4.78 is 10.2. The van der Waals surface area contributed by atoms with Gasteiger partial charge in [0.25, 0.3) is 5.91 Å². The van der Waals surface area contributed by atoms with Gasteiger partial charge in [0, 0.05) is 10.9 Å². The Hall–Kier alpha value is -2.97. The first kappa shape index (κ1) is 20.8. The zero-order valence-electron chi connectivity index (χ0n) is 15.7. The maximum absolute atomic E-state index is 12.5. The number of rotatable bonds is 8. The normalized spacial score (nSPS) is 10.4. The molecule has 0 radical (unpaired) electrons. The molecule has 29 heavy (non-hydrogen) atoms. The summed E-state index contributed by atoms with van der Waals surface area (Å²) in [5.41, 5.74) is 2.66. The van der Waals surface area contributed by atoms with Gasteiger partial charge in [0.05, 0.1) is 13.0 Å². The molecule has 2 heterocycles. The third-order valence-electron chi connectivity index (χ3n) is 3.90. The van der Waals surface area contributed by atoms with Crippen LogP contribution in [0.15, 0.2) is 52.5 Å². The number of hydrogen-bond acceptors (Lipinski definition) is 7. The number of esters is 2. The Morgan fingerprint density at radius 3 is 2.52 bits per heavy atom. The predicted molar refractivity (Wildman–Crippen MR) is 113 cm³/mol. The molecule has 0 unspecified atom stereocenters. The van der Waals surface area contributed by atoms with E-state index < -0.39 is 24.5 Å². The molecule has 150 valence electrons. The van der Waals surface area contributed by atoms with Crippen molar-refractivity contribution in [1.82, 2.24) is 0 Å². The number of benzene rings is 1. The molecule has 0 spiro atoms. The summed E-state index contributed by atoms with van der Waals surface area (Å²) >= 11 is 2.71. The van der Waals surface area contributed by atoms with Crippen LogP contribution in [-0.4, -0.2) is 31.1 Å². The number of hydrogen-bond donors (Lipinski definition) is 1. The number of carbonyl (C=O) groups is 3. The largest absolute Gasteiger partial charge is 0.462 e. The molecular formula is C21H19NO5S2. The van der Waals surface area contributed by atoms with Crippen molar-refractivity contribution in [3.8, 4) is 11.1 Å². The second kappa shape index (κ2) is 9.99. The molecule has 1 aromatic carbocycles. The monoisotopic (exact) mass is 429 g/mol. The van der Waals surface area contributed by atoms with Crippen LogP contribution in [0.4, 0.5) is 5.00 Å². The standard InChI is InChI=1S/C21H19NO5S2/c1-2-26-21(25)19-16(15-6-4-3-5-7-15)13-29-20(19)22-17(23)11-27-18(24)10-14-8-9-28-12-14/h3-9,12-13H,2,10-11H2,1H3,(H,22,23). The van der Waals surface area contributed by atoms with Crippen LogP contribution in [0.5, 0.6) is 0 Å². The Morgan fingerprint density at radius 2 is 1.83 bits per heavy atom. The summed E-state index contributed by atoms with van der Waals surface area (Å²) in [6, 6.07) is 11.2. The van der Waals surface area contributed by atoms with Crippen molar-refractivity contribution in [3.05, 3.63) is 63.7 Å². The number of ether oxygens (including phenoxy) is 2. The molecule has 1 amide bonds. The molecule has 0 saturated carbocycles. The Labute approximate surface area is 176 Å². The van der Waals surface area contributed by atoms with E-state index in [1.165, 1.54) is 22.7 Å². The molecule has 0 atom stereocenters. The fourth-order valence-electron chi connectivity index (χ4n) is 2.61. The summed E-state index contributed by atoms with van der Waals surface area (Å²) in [6.07, 6.45) is 0.113. The lowest BCUT2D eigenvalue weighted by atomic mass is 10.0. The highest BCUT2D eigenvalue weighted by Gasteiger charge is 2.23. The zero-order valence-corrected chi connectivity index (χ0v) is 17.3. The Morgan fingerprint density at radius 1 is 1.03 bits per heavy atom. The lowest BCUT2D eigenvalue weighted by molar-refractivity contribution is -0.146. The van der Waals surface area contributed by atoms with Crippen molar-refractivity contribution in [3.63, 3.8) is 0 Å². The van der Waals surface area contributed by atoms with Crippen LogP contribution in [0, 0.1) is 0 Å². The van der Waals surface area contributed by atoms with Crippen molar-refractivity contribution >= 4 is 45.5 Å². The highest BCUT2D eigenvalue weighted by molar-refractivity contribution is 7.15. The number of amides is 1. The van der Waals surface area contributed by atoms with Crippen molar-refractivity contribution < 1.29 is 23.9 Å². The van der Waals surface area contributed by atoms with Gasteiger partial charge in [0.15, 0.2) is 6.61 Å². The van der Waals surface area contributed by atoms with Gasteiger partial charge in [0.1, 0.15) is 10.6 Å². The summed E-state index contributed by atoms with van der Waals surface area (Å²) in [5.74, 6) is -1.52. The smallest absolute Gasteiger partial charge is 0.341 e. The quantitative estimate of drug-likeness (QED) is 0.538. The van der Waals surface area contributed by atoms with E-state index in [9.17, 15) is 14.4 Å². The van der Waals surface area contributed by atoms with Crippen LogP contribution in [0.1, 0.15) is 22.8 Å². The molecule has 0 saturated heterocycles. The van der Waals surface area contributed by atoms with E-state index in [0.717, 1.165) is 11.1 Å². The van der Waals surface area contributed by atoms with E-state index in [1.54, 1.807) is 12.3 Å². The van der Waals surface area contributed by atoms with Gasteiger partial charge in [-0.2, -0.15) is 11.3 Å². The molecule has 6 nitrogen and oxygen atoms in total. The number of anilines is 1. The topological polar surface area (TPSA) is 81.7 Å². The van der Waals surface area contributed by atoms with E-state index in [0.29, 0.717) is 16.1 Å². The average Bonchev–Trinajstić information content (AvgIpc) is 3.37. The molecule has 0 aliphatic heterocycles. The molecule has 0 bridgehead atoms. The minimum atomic E-state index is -0.518. The fraction of sp³-hybridized carbons (Fsp3) is 0.190. The van der Waals surface area contributed by atoms with Crippen molar-refractivity contribution in [1.29, 1.82) is 0 Å². The Balaban J connectivity index is 1.69. The molecule has 2 aromatic heterocycles. The van der Waals surface area contributed by atoms with Gasteiger partial charge in [-0.25, -0.2) is 4.79 Å². The van der Waals surface area contributed by atoms with Gasteiger partial charge in [-0.05, 0) is 34.9 Å². The van der Waals surface area contributed by atoms with Crippen molar-refractivity contribution in [2.45, 2.75) is 13.3 Å². The van der Waals surface area contributed by atoms with Crippen LogP contribution in [-0.2, 0) is 25.5 Å². The van der Waals surface area contributed by atoms with Crippen LogP contribution in [0.25, 0.3) is 11.1 Å². The van der Waals surface area contributed by atoms with Gasteiger partial charge in [-0.1, -0.05) is 30.3 Å². The number of carbonyl (C=O) groups excluding carboxylic acids is 3. The first-order valence-corrected chi connectivity index (χ1v) is 10.7. The minimum Gasteiger partial charge on any atom is -0.462 e. The summed E-state index contributed by atoms with van der Waals surface area (Å²) in [5, 5.41) is 8.53. The fourth-order valence-corrected chi connectivity index (χ4v) is 4.25. The molecule has 3 aromatic rings. The lowest BCUT2D eigenvalue weighted by Crippen LogP contribution is -2.22. The van der Waals surface area contributed by atoms with E-state index in [1.807, 2.05) is 47.2 Å². The third-order valence-corrected chi connectivity index (χ3v) is 5.53. The second-order valence-electron chi connectivity index (χ2n) is 5.96. The summed E-state index contributed by atoms with van der Waals surface area (Å²) in [7, 11) is 0. The van der Waals surface area contributed by atoms with Gasteiger partial charge < -0.3 is 14.8 Å². The third kappa shape index (κ3) is 5.52. The molecule has 0 fully saturated rings. The van der Waals surface area contributed by atoms with Crippen LogP contribution in [0.3, 0.4) is 0 Å². The van der Waals surface area contributed by atoms with E-state index in [4.69, 9.17) is 9.47 Å². The molecule has 0 aliphatic rings. The molecular weight excluding hydrogens is 410 g/mol. The van der Waals surface area contributed by atoms with Gasteiger partial charge >= 0.3 is 11.9 Å². The van der Waals surface area contributed by atoms with Crippen molar-refractivity contribution in [2.75, 3.05) is 18.5 Å². The predicted octanol–water partition coefficient (Wildman–Crippen LogP) is 4.38. The summed E-state index contributed by atoms with van der Waals surface area (Å²) in [6.45, 7) is 1.51. The average molecular weight is 430 g/mol. The van der Waals surface area contributed by atoms with Crippen LogP contribution >= 0.6 is 22.7 Å². The van der Waals surface area contributed by atoms with E-state index in [2.05, 4.69) is 5.32 Å². The number of thiophene rings is 2. The summed E-state index contributed by atoms with van der Waals surface area (Å²) in [4.78, 5) is 36.6. The van der Waals surface area contributed by atoms with Gasteiger partial charge in [-0.15, -0.1) is 11.3 Å². The Bertz CT molecular complexity index is 980. The van der Waals surface area contributed by atoms with Crippen LogP contribution < -0.4 is 5.32 Å². The van der Waals surface area contributed by atoms with Gasteiger partial charge in [-0.3, -0.25) is 9.59 Å². The first-order chi connectivity index (χ1) is 14.1. The maximum atomic E-state index is 12.5. The first-order valence-electron chi connectivity index (χ1n) is 8.89. The van der Waals surface area contributed by atoms with E-state index in [-0.39, 0.29) is 13.0 Å². The highest BCUT2D eigenvalue weighted by Crippen LogP contribution is 2.36. The molecule has 0 aliphatic carbocycles. The minimum absolute atomic E-state index is 0.113.